The van der Waals surface area contributed by atoms with Gasteiger partial charge in [0.15, 0.2) is 6.61 Å². The molecule has 3 aromatic carbocycles. The van der Waals surface area contributed by atoms with Crippen molar-refractivity contribution in [1.82, 2.24) is 10.2 Å². The van der Waals surface area contributed by atoms with Crippen LogP contribution in [0.2, 0.25) is 5.02 Å². The largest absolute Gasteiger partial charge is 0.483 e. The smallest absolute Gasteiger partial charge is 0.261 e. The minimum Gasteiger partial charge on any atom is -0.483 e. The molecule has 2 atom stereocenters. The Labute approximate surface area is 194 Å². The molecular weight excluding hydrogens is 424 g/mol. The minimum atomic E-state index is -0.661. The van der Waals surface area contributed by atoms with Gasteiger partial charge in [0.25, 0.3) is 5.91 Å². The second kappa shape index (κ2) is 11.0. The van der Waals surface area contributed by atoms with Crippen LogP contribution in [-0.2, 0) is 16.1 Å². The van der Waals surface area contributed by atoms with Crippen LogP contribution in [-0.4, -0.2) is 35.4 Å². The number of nitrogens with zero attached hydrogens (tertiary/aromatic N) is 1. The Kier molecular flexibility index (Phi) is 8.12. The molecule has 3 rings (SSSR count). The van der Waals surface area contributed by atoms with E-state index < -0.39 is 6.04 Å². The van der Waals surface area contributed by atoms with Gasteiger partial charge in [0.1, 0.15) is 11.8 Å². The topological polar surface area (TPSA) is 58.6 Å². The summed E-state index contributed by atoms with van der Waals surface area (Å²) in [6.45, 7) is 5.76. The van der Waals surface area contributed by atoms with Crippen LogP contribution in [0.1, 0.15) is 32.8 Å². The van der Waals surface area contributed by atoms with Crippen molar-refractivity contribution in [1.29, 1.82) is 0 Å². The van der Waals surface area contributed by atoms with Crippen molar-refractivity contribution in [3.05, 3.63) is 77.3 Å². The third-order valence-electron chi connectivity index (χ3n) is 5.51. The fourth-order valence-electron chi connectivity index (χ4n) is 3.42. The summed E-state index contributed by atoms with van der Waals surface area (Å²) in [6.07, 6.45) is 0.810. The Balaban J connectivity index is 1.79. The molecule has 0 saturated heterocycles. The molecule has 168 valence electrons. The van der Waals surface area contributed by atoms with Gasteiger partial charge in [-0.1, -0.05) is 67.1 Å². The van der Waals surface area contributed by atoms with Crippen molar-refractivity contribution >= 4 is 34.2 Å². The van der Waals surface area contributed by atoms with Crippen LogP contribution in [0, 0.1) is 0 Å². The van der Waals surface area contributed by atoms with Gasteiger partial charge in [-0.2, -0.15) is 0 Å². The summed E-state index contributed by atoms with van der Waals surface area (Å²) in [5.41, 5.74) is 0.846. The van der Waals surface area contributed by atoms with E-state index in [1.807, 2.05) is 68.4 Å². The number of carbonyl (C=O) groups is 2. The maximum Gasteiger partial charge on any atom is 0.261 e. The Morgan fingerprint density at radius 2 is 1.75 bits per heavy atom. The average molecular weight is 453 g/mol. The molecule has 0 aliphatic carbocycles. The zero-order chi connectivity index (χ0) is 23.1. The molecule has 6 heteroatoms. The molecule has 0 fully saturated rings. The van der Waals surface area contributed by atoms with Gasteiger partial charge in [0.2, 0.25) is 5.91 Å². The molecule has 0 aliphatic heterocycles. The molecule has 0 aliphatic rings. The predicted octanol–water partition coefficient (Wildman–Crippen LogP) is 5.20. The van der Waals surface area contributed by atoms with E-state index >= 15 is 0 Å². The molecule has 2 unspecified atom stereocenters. The summed E-state index contributed by atoms with van der Waals surface area (Å²) < 4.78 is 5.91. The first-order valence-electron chi connectivity index (χ1n) is 10.8. The summed E-state index contributed by atoms with van der Waals surface area (Å²) in [5, 5.41) is 5.52. The highest BCUT2D eigenvalue weighted by atomic mass is 35.5. The third kappa shape index (κ3) is 6.01. The lowest BCUT2D eigenvalue weighted by Gasteiger charge is -2.29. The number of halogens is 1. The summed E-state index contributed by atoms with van der Waals surface area (Å²) in [5.74, 6) is 0.167. The molecular formula is C26H29ClN2O3. The van der Waals surface area contributed by atoms with Crippen LogP contribution in [0.4, 0.5) is 0 Å². The number of nitrogens with one attached hydrogen (secondary N) is 1. The molecule has 0 radical (unpaired) electrons. The summed E-state index contributed by atoms with van der Waals surface area (Å²) in [7, 11) is 0. The van der Waals surface area contributed by atoms with Crippen LogP contribution in [0.3, 0.4) is 0 Å². The van der Waals surface area contributed by atoms with Crippen molar-refractivity contribution in [3.63, 3.8) is 0 Å². The van der Waals surface area contributed by atoms with Gasteiger partial charge in [0, 0.05) is 23.0 Å². The van der Waals surface area contributed by atoms with Gasteiger partial charge in [0.05, 0.1) is 0 Å². The monoisotopic (exact) mass is 452 g/mol. The zero-order valence-corrected chi connectivity index (χ0v) is 19.4. The van der Waals surface area contributed by atoms with Gasteiger partial charge in [-0.3, -0.25) is 9.59 Å². The second-order valence-electron chi connectivity index (χ2n) is 7.91. The van der Waals surface area contributed by atoms with E-state index in [4.69, 9.17) is 16.3 Å². The van der Waals surface area contributed by atoms with Crippen LogP contribution in [0.5, 0.6) is 5.75 Å². The molecule has 1 N–H and O–H groups in total. The first kappa shape index (κ1) is 23.6. The predicted molar refractivity (Wildman–Crippen MR) is 129 cm³/mol. The van der Waals surface area contributed by atoms with E-state index in [-0.39, 0.29) is 31.0 Å². The highest BCUT2D eigenvalue weighted by Crippen LogP contribution is 2.25. The number of fused-ring (bicyclic) bond motifs is 1. The normalized spacial score (nSPS) is 12.8. The van der Waals surface area contributed by atoms with Crippen molar-refractivity contribution in [2.75, 3.05) is 6.61 Å². The fourth-order valence-corrected chi connectivity index (χ4v) is 3.64. The lowest BCUT2D eigenvalue weighted by Crippen LogP contribution is -2.50. The highest BCUT2D eigenvalue weighted by molar-refractivity contribution is 6.30. The van der Waals surface area contributed by atoms with E-state index in [1.54, 1.807) is 19.1 Å². The third-order valence-corrected chi connectivity index (χ3v) is 5.75. The summed E-state index contributed by atoms with van der Waals surface area (Å²) in [4.78, 5) is 27.6. The number of hydrogen-bond donors (Lipinski definition) is 1. The molecule has 32 heavy (non-hydrogen) atoms. The number of benzene rings is 3. The molecule has 3 aromatic rings. The van der Waals surface area contributed by atoms with Crippen molar-refractivity contribution in [2.45, 2.75) is 45.8 Å². The van der Waals surface area contributed by atoms with Gasteiger partial charge in [-0.05, 0) is 49.4 Å². The average Bonchev–Trinajstić information content (AvgIpc) is 2.80. The van der Waals surface area contributed by atoms with E-state index in [9.17, 15) is 9.59 Å². The number of ether oxygens (including phenoxy) is 1. The number of rotatable bonds is 9. The lowest BCUT2D eigenvalue weighted by atomic mass is 10.1. The van der Waals surface area contributed by atoms with E-state index in [1.165, 1.54) is 4.90 Å². The maximum absolute atomic E-state index is 13.2. The van der Waals surface area contributed by atoms with E-state index in [2.05, 4.69) is 5.32 Å². The van der Waals surface area contributed by atoms with Gasteiger partial charge >= 0.3 is 0 Å². The van der Waals surface area contributed by atoms with Crippen molar-refractivity contribution in [2.24, 2.45) is 0 Å². The fraction of sp³-hybridized carbons (Fsp3) is 0.308. The molecule has 0 aromatic heterocycles. The first-order valence-corrected chi connectivity index (χ1v) is 11.2. The Bertz CT molecular complexity index is 1080. The maximum atomic E-state index is 13.2. The van der Waals surface area contributed by atoms with Gasteiger partial charge in [-0.25, -0.2) is 0 Å². The van der Waals surface area contributed by atoms with Gasteiger partial charge < -0.3 is 15.0 Å². The number of carbonyl (C=O) groups excluding carboxylic acids is 2. The quantitative estimate of drug-likeness (QED) is 0.485. The Morgan fingerprint density at radius 1 is 1.03 bits per heavy atom. The lowest BCUT2D eigenvalue weighted by molar-refractivity contribution is -0.142. The zero-order valence-electron chi connectivity index (χ0n) is 18.7. The number of amides is 2. The van der Waals surface area contributed by atoms with Crippen LogP contribution in [0.25, 0.3) is 10.8 Å². The SMILES string of the molecule is CCC(C)NC(=O)C(C)N(Cc1cccc(Cl)c1)C(=O)COc1cccc2ccccc12. The van der Waals surface area contributed by atoms with E-state index in [0.29, 0.717) is 10.8 Å². The van der Waals surface area contributed by atoms with Crippen LogP contribution < -0.4 is 10.1 Å². The van der Waals surface area contributed by atoms with Crippen molar-refractivity contribution in [3.8, 4) is 5.75 Å². The van der Waals surface area contributed by atoms with E-state index in [0.717, 1.165) is 22.8 Å². The van der Waals surface area contributed by atoms with Crippen LogP contribution >= 0.6 is 11.6 Å². The second-order valence-corrected chi connectivity index (χ2v) is 8.35. The summed E-state index contributed by atoms with van der Waals surface area (Å²) in [6, 6.07) is 20.2. The molecule has 0 bridgehead atoms. The first-order chi connectivity index (χ1) is 15.4. The standard InChI is InChI=1S/C26H29ClN2O3/c1-4-18(2)28-26(31)19(3)29(16-20-9-7-12-22(27)15-20)25(30)17-32-24-14-8-11-21-10-5-6-13-23(21)24/h5-15,18-19H,4,16-17H2,1-3H3,(H,28,31). The van der Waals surface area contributed by atoms with Crippen molar-refractivity contribution < 1.29 is 14.3 Å². The Hall–Kier alpha value is -3.05. The number of hydrogen-bond acceptors (Lipinski definition) is 3. The summed E-state index contributed by atoms with van der Waals surface area (Å²) >= 11 is 6.13. The highest BCUT2D eigenvalue weighted by Gasteiger charge is 2.27. The Morgan fingerprint density at radius 3 is 2.50 bits per heavy atom. The minimum absolute atomic E-state index is 0.0278. The van der Waals surface area contributed by atoms with Gasteiger partial charge in [-0.15, -0.1) is 0 Å². The molecule has 0 spiro atoms. The molecule has 5 nitrogen and oxygen atoms in total. The molecule has 2 amide bonds. The molecule has 0 saturated carbocycles. The molecule has 0 heterocycles. The van der Waals surface area contributed by atoms with Crippen LogP contribution in [0.15, 0.2) is 66.7 Å².